The summed E-state index contributed by atoms with van der Waals surface area (Å²) in [5.74, 6) is -0.250. The van der Waals surface area contributed by atoms with Crippen molar-refractivity contribution in [2.45, 2.75) is 6.42 Å². The van der Waals surface area contributed by atoms with Gasteiger partial charge in [0, 0.05) is 7.11 Å². The van der Waals surface area contributed by atoms with Gasteiger partial charge in [0.2, 0.25) is 5.91 Å². The summed E-state index contributed by atoms with van der Waals surface area (Å²) in [6.45, 7) is 0.733. The van der Waals surface area contributed by atoms with Crippen molar-refractivity contribution in [3.8, 4) is 0 Å². The molecule has 4 nitrogen and oxygen atoms in total. The summed E-state index contributed by atoms with van der Waals surface area (Å²) in [5.41, 5.74) is 3.08. The van der Waals surface area contributed by atoms with E-state index in [1.165, 1.54) is 0 Å². The summed E-state index contributed by atoms with van der Waals surface area (Å²) in [7, 11) is 1.56. The third-order valence-electron chi connectivity index (χ3n) is 1.92. The van der Waals surface area contributed by atoms with Gasteiger partial charge >= 0.3 is 0 Å². The molecular weight excluding hydrogens is 265 g/mol. The lowest BCUT2D eigenvalue weighted by molar-refractivity contribution is -0.133. The summed E-state index contributed by atoms with van der Waals surface area (Å²) in [4.78, 5) is 16.3. The molecule has 0 saturated carbocycles. The van der Waals surface area contributed by atoms with E-state index in [1.54, 1.807) is 25.3 Å². The zero-order chi connectivity index (χ0) is 12.7. The Kier molecular flexibility index (Phi) is 6.29. The quantitative estimate of drug-likeness (QED) is 0.641. The Morgan fingerprint density at radius 3 is 2.71 bits per heavy atom. The second-order valence-electron chi connectivity index (χ2n) is 3.29. The third kappa shape index (κ3) is 5.37. The Bertz CT molecular complexity index is 385. The van der Waals surface area contributed by atoms with E-state index in [4.69, 9.17) is 32.8 Å². The van der Waals surface area contributed by atoms with Gasteiger partial charge in [0.15, 0.2) is 0 Å². The molecule has 94 valence electrons. The molecule has 1 aromatic rings. The number of carbonyl (C=O) groups is 1. The minimum atomic E-state index is -0.250. The number of methoxy groups -OCH3 is 1. The molecule has 1 aromatic carbocycles. The highest BCUT2D eigenvalue weighted by molar-refractivity contribution is 6.42. The maximum absolute atomic E-state index is 11.4. The normalized spacial score (nSPS) is 10.3. The van der Waals surface area contributed by atoms with Crippen molar-refractivity contribution in [2.24, 2.45) is 0 Å². The summed E-state index contributed by atoms with van der Waals surface area (Å²) < 4.78 is 4.76. The molecule has 0 atom stereocenters. The van der Waals surface area contributed by atoms with Crippen LogP contribution in [0.1, 0.15) is 5.56 Å². The number of nitrogens with one attached hydrogen (secondary N) is 1. The Balaban J connectivity index is 2.37. The molecule has 1 amide bonds. The van der Waals surface area contributed by atoms with Crippen LogP contribution in [0.25, 0.3) is 0 Å². The van der Waals surface area contributed by atoms with Crippen LogP contribution < -0.4 is 5.48 Å². The number of benzene rings is 1. The van der Waals surface area contributed by atoms with Crippen LogP contribution in [0, 0.1) is 0 Å². The summed E-state index contributed by atoms with van der Waals surface area (Å²) >= 11 is 11.6. The molecule has 0 aliphatic rings. The maximum Gasteiger partial charge on any atom is 0.247 e. The van der Waals surface area contributed by atoms with Crippen LogP contribution in [0.15, 0.2) is 18.2 Å². The van der Waals surface area contributed by atoms with E-state index >= 15 is 0 Å². The number of carbonyl (C=O) groups excluding carboxylic acids is 1. The number of hydrogen-bond acceptors (Lipinski definition) is 3. The van der Waals surface area contributed by atoms with Crippen molar-refractivity contribution in [1.29, 1.82) is 0 Å². The van der Waals surface area contributed by atoms with Crippen LogP contribution in [-0.2, 0) is 20.8 Å². The predicted molar refractivity (Wildman–Crippen MR) is 66.1 cm³/mol. The fourth-order valence-corrected chi connectivity index (χ4v) is 1.45. The molecule has 17 heavy (non-hydrogen) atoms. The Labute approximate surface area is 110 Å². The second kappa shape index (κ2) is 7.50. The first-order valence-electron chi connectivity index (χ1n) is 4.97. The zero-order valence-corrected chi connectivity index (χ0v) is 10.8. The third-order valence-corrected chi connectivity index (χ3v) is 2.66. The average molecular weight is 278 g/mol. The molecule has 0 spiro atoms. The highest BCUT2D eigenvalue weighted by Gasteiger charge is 2.05. The van der Waals surface area contributed by atoms with Gasteiger partial charge in [-0.15, -0.1) is 0 Å². The highest BCUT2D eigenvalue weighted by Crippen LogP contribution is 2.22. The van der Waals surface area contributed by atoms with Crippen molar-refractivity contribution < 1.29 is 14.4 Å². The summed E-state index contributed by atoms with van der Waals surface area (Å²) in [6, 6.07) is 5.04. The average Bonchev–Trinajstić information content (AvgIpc) is 2.30. The van der Waals surface area contributed by atoms with Crippen LogP contribution in [0.4, 0.5) is 0 Å². The van der Waals surface area contributed by atoms with E-state index in [0.29, 0.717) is 23.3 Å². The molecule has 0 radical (unpaired) electrons. The van der Waals surface area contributed by atoms with E-state index in [-0.39, 0.29) is 12.3 Å². The molecule has 0 aliphatic heterocycles. The largest absolute Gasteiger partial charge is 0.382 e. The van der Waals surface area contributed by atoms with Gasteiger partial charge in [-0.3, -0.25) is 9.63 Å². The van der Waals surface area contributed by atoms with E-state index in [0.717, 1.165) is 5.56 Å². The highest BCUT2D eigenvalue weighted by atomic mass is 35.5. The molecule has 0 fully saturated rings. The fraction of sp³-hybridized carbons (Fsp3) is 0.364. The van der Waals surface area contributed by atoms with E-state index in [2.05, 4.69) is 5.48 Å². The molecule has 0 saturated heterocycles. The first-order chi connectivity index (χ1) is 8.13. The van der Waals surface area contributed by atoms with Gasteiger partial charge < -0.3 is 4.74 Å². The first-order valence-corrected chi connectivity index (χ1v) is 5.72. The standard InChI is InChI=1S/C11H13Cl2NO3/c1-16-4-5-17-14-11(15)7-8-2-3-9(12)10(13)6-8/h2-3,6H,4-5,7H2,1H3,(H,14,15). The molecule has 1 rings (SSSR count). The molecule has 0 unspecified atom stereocenters. The molecule has 6 heteroatoms. The number of halogens is 2. The van der Waals surface area contributed by atoms with Crippen LogP contribution in [0.3, 0.4) is 0 Å². The number of amides is 1. The molecule has 0 aromatic heterocycles. The second-order valence-corrected chi connectivity index (χ2v) is 4.11. The SMILES string of the molecule is COCCONC(=O)Cc1ccc(Cl)c(Cl)c1. The van der Waals surface area contributed by atoms with Crippen molar-refractivity contribution in [3.63, 3.8) is 0 Å². The minimum Gasteiger partial charge on any atom is -0.382 e. The van der Waals surface area contributed by atoms with Gasteiger partial charge in [0.1, 0.15) is 0 Å². The summed E-state index contributed by atoms with van der Waals surface area (Å²) in [5, 5.41) is 0.893. The lowest BCUT2D eigenvalue weighted by Crippen LogP contribution is -2.26. The van der Waals surface area contributed by atoms with Gasteiger partial charge in [0.05, 0.1) is 29.7 Å². The van der Waals surface area contributed by atoms with Crippen LogP contribution in [0.2, 0.25) is 10.0 Å². The topological polar surface area (TPSA) is 47.6 Å². The first kappa shape index (κ1) is 14.3. The van der Waals surface area contributed by atoms with E-state index in [9.17, 15) is 4.79 Å². The Morgan fingerprint density at radius 2 is 2.06 bits per heavy atom. The molecule has 0 heterocycles. The van der Waals surface area contributed by atoms with Crippen molar-refractivity contribution >= 4 is 29.1 Å². The number of hydroxylamine groups is 1. The Hall–Kier alpha value is -0.810. The van der Waals surface area contributed by atoms with Crippen molar-refractivity contribution in [1.82, 2.24) is 5.48 Å². The van der Waals surface area contributed by atoms with E-state index < -0.39 is 0 Å². The van der Waals surface area contributed by atoms with Crippen LogP contribution >= 0.6 is 23.2 Å². The lowest BCUT2D eigenvalue weighted by Gasteiger charge is -2.06. The van der Waals surface area contributed by atoms with Crippen molar-refractivity contribution in [3.05, 3.63) is 33.8 Å². The van der Waals surface area contributed by atoms with Gasteiger partial charge in [-0.25, -0.2) is 5.48 Å². The van der Waals surface area contributed by atoms with Gasteiger partial charge in [0.25, 0.3) is 0 Å². The van der Waals surface area contributed by atoms with Gasteiger partial charge in [-0.05, 0) is 17.7 Å². The van der Waals surface area contributed by atoms with Crippen LogP contribution in [0.5, 0.6) is 0 Å². The zero-order valence-electron chi connectivity index (χ0n) is 9.33. The van der Waals surface area contributed by atoms with E-state index in [1.807, 2.05) is 0 Å². The number of rotatable bonds is 6. The summed E-state index contributed by atoms with van der Waals surface area (Å²) in [6.07, 6.45) is 0.184. The number of hydrogen-bond donors (Lipinski definition) is 1. The molecule has 0 bridgehead atoms. The smallest absolute Gasteiger partial charge is 0.247 e. The lowest BCUT2D eigenvalue weighted by atomic mass is 10.1. The minimum absolute atomic E-state index is 0.184. The maximum atomic E-state index is 11.4. The van der Waals surface area contributed by atoms with Gasteiger partial charge in [-0.2, -0.15) is 0 Å². The fourth-order valence-electron chi connectivity index (χ4n) is 1.13. The van der Waals surface area contributed by atoms with Crippen molar-refractivity contribution in [2.75, 3.05) is 20.3 Å². The molecular formula is C11H13Cl2NO3. The van der Waals surface area contributed by atoms with Gasteiger partial charge in [-0.1, -0.05) is 29.3 Å². The molecule has 1 N–H and O–H groups in total. The predicted octanol–water partition coefficient (Wildman–Crippen LogP) is 2.23. The monoisotopic (exact) mass is 277 g/mol. The van der Waals surface area contributed by atoms with Crippen LogP contribution in [-0.4, -0.2) is 26.2 Å². The Morgan fingerprint density at radius 1 is 1.29 bits per heavy atom. The molecule has 0 aliphatic carbocycles. The number of ether oxygens (including phenoxy) is 1.